The van der Waals surface area contributed by atoms with Crippen molar-refractivity contribution in [3.63, 3.8) is 0 Å². The number of hydrogen-bond donors (Lipinski definition) is 2. The van der Waals surface area contributed by atoms with Gasteiger partial charge in [0.2, 0.25) is 0 Å². The second-order valence-electron chi connectivity index (χ2n) is 6.06. The Morgan fingerprint density at radius 2 is 1.86 bits per heavy atom. The Bertz CT molecular complexity index is 574. The molecule has 2 N–H and O–H groups in total. The van der Waals surface area contributed by atoms with Gasteiger partial charge in [-0.3, -0.25) is 9.89 Å². The Morgan fingerprint density at radius 1 is 1.23 bits per heavy atom. The zero-order chi connectivity index (χ0) is 16.0. The first-order valence-electron chi connectivity index (χ1n) is 7.46. The number of halogens is 3. The van der Waals surface area contributed by atoms with E-state index in [1.54, 1.807) is 0 Å². The minimum absolute atomic E-state index is 0.115. The molecule has 0 saturated carbocycles. The van der Waals surface area contributed by atoms with Crippen LogP contribution in [-0.4, -0.2) is 51.0 Å². The monoisotopic (exact) mass is 317 g/mol. The Balaban J connectivity index is 1.72. The third-order valence-electron chi connectivity index (χ3n) is 4.66. The van der Waals surface area contributed by atoms with Crippen molar-refractivity contribution in [1.29, 1.82) is 0 Å². The molecular formula is C14H18F3N3O2. The van der Waals surface area contributed by atoms with Gasteiger partial charge in [0.1, 0.15) is 0 Å². The molecule has 1 amide bonds. The van der Waals surface area contributed by atoms with Crippen molar-refractivity contribution in [1.82, 2.24) is 15.1 Å². The highest BCUT2D eigenvalue weighted by Crippen LogP contribution is 2.38. The Kier molecular flexibility index (Phi) is 3.66. The lowest BCUT2D eigenvalue weighted by atomic mass is 9.90. The number of aryl methyl sites for hydroxylation is 1. The average molecular weight is 317 g/mol. The molecule has 3 rings (SSSR count). The van der Waals surface area contributed by atoms with E-state index in [0.717, 1.165) is 36.9 Å². The molecule has 122 valence electrons. The van der Waals surface area contributed by atoms with Crippen molar-refractivity contribution in [2.45, 2.75) is 50.3 Å². The molecule has 0 aromatic carbocycles. The lowest BCUT2D eigenvalue weighted by molar-refractivity contribution is -0.271. The van der Waals surface area contributed by atoms with Gasteiger partial charge in [0.25, 0.3) is 5.91 Å². The van der Waals surface area contributed by atoms with Gasteiger partial charge in [0.15, 0.2) is 11.3 Å². The summed E-state index contributed by atoms with van der Waals surface area (Å²) < 4.78 is 38.3. The summed E-state index contributed by atoms with van der Waals surface area (Å²) in [6.45, 7) is -0.229. The van der Waals surface area contributed by atoms with Crippen LogP contribution < -0.4 is 0 Å². The minimum Gasteiger partial charge on any atom is -0.380 e. The van der Waals surface area contributed by atoms with E-state index in [4.69, 9.17) is 0 Å². The fourth-order valence-corrected chi connectivity index (χ4v) is 3.17. The SMILES string of the molecule is O=C(c1n[nH]c2c1CCCC2)N1CCC(O)(C(F)(F)F)CC1. The van der Waals surface area contributed by atoms with Gasteiger partial charge in [0, 0.05) is 37.2 Å². The lowest BCUT2D eigenvalue weighted by Gasteiger charge is -2.38. The molecule has 1 aliphatic carbocycles. The number of rotatable bonds is 1. The molecule has 8 heteroatoms. The van der Waals surface area contributed by atoms with E-state index in [-0.39, 0.29) is 19.0 Å². The summed E-state index contributed by atoms with van der Waals surface area (Å²) in [5, 5.41) is 16.6. The number of fused-ring (bicyclic) bond motifs is 1. The molecule has 2 aliphatic rings. The second kappa shape index (κ2) is 5.26. The molecule has 0 radical (unpaired) electrons. The highest BCUT2D eigenvalue weighted by atomic mass is 19.4. The molecular weight excluding hydrogens is 299 g/mol. The molecule has 1 aromatic rings. The van der Waals surface area contributed by atoms with Gasteiger partial charge in [-0.2, -0.15) is 18.3 Å². The van der Waals surface area contributed by atoms with Crippen LogP contribution >= 0.6 is 0 Å². The van der Waals surface area contributed by atoms with Crippen LogP contribution in [-0.2, 0) is 12.8 Å². The largest absolute Gasteiger partial charge is 0.417 e. The topological polar surface area (TPSA) is 69.2 Å². The van der Waals surface area contributed by atoms with Gasteiger partial charge >= 0.3 is 6.18 Å². The number of nitrogens with one attached hydrogen (secondary N) is 1. The summed E-state index contributed by atoms with van der Waals surface area (Å²) in [5.74, 6) is -0.344. The van der Waals surface area contributed by atoms with E-state index in [1.165, 1.54) is 4.90 Å². The van der Waals surface area contributed by atoms with Crippen molar-refractivity contribution in [3.05, 3.63) is 17.0 Å². The number of hydrogen-bond acceptors (Lipinski definition) is 3. The van der Waals surface area contributed by atoms with Crippen LogP contribution in [0.2, 0.25) is 0 Å². The number of amides is 1. The minimum atomic E-state index is -4.66. The fraction of sp³-hybridized carbons (Fsp3) is 0.714. The van der Waals surface area contributed by atoms with Crippen LogP contribution in [0.1, 0.15) is 47.4 Å². The first-order chi connectivity index (χ1) is 10.3. The first kappa shape index (κ1) is 15.3. The van der Waals surface area contributed by atoms with Gasteiger partial charge in [-0.25, -0.2) is 0 Å². The summed E-state index contributed by atoms with van der Waals surface area (Å²) in [7, 11) is 0. The number of aromatic amines is 1. The number of carbonyl (C=O) groups excluding carboxylic acids is 1. The summed E-state index contributed by atoms with van der Waals surface area (Å²) in [6, 6.07) is 0. The quantitative estimate of drug-likeness (QED) is 0.830. The maximum atomic E-state index is 12.8. The van der Waals surface area contributed by atoms with E-state index in [9.17, 15) is 23.1 Å². The van der Waals surface area contributed by atoms with E-state index in [2.05, 4.69) is 10.2 Å². The normalized spacial score (nSPS) is 21.5. The maximum Gasteiger partial charge on any atom is 0.417 e. The third-order valence-corrected chi connectivity index (χ3v) is 4.66. The number of carbonyl (C=O) groups is 1. The Hall–Kier alpha value is -1.57. The molecule has 0 spiro atoms. The van der Waals surface area contributed by atoms with E-state index >= 15 is 0 Å². The number of aromatic nitrogens is 2. The number of nitrogens with zero attached hydrogens (tertiary/aromatic N) is 2. The van der Waals surface area contributed by atoms with Crippen LogP contribution in [0.4, 0.5) is 13.2 Å². The third kappa shape index (κ3) is 2.49. The highest BCUT2D eigenvalue weighted by Gasteiger charge is 2.55. The molecule has 2 heterocycles. The number of likely N-dealkylation sites (tertiary alicyclic amines) is 1. The van der Waals surface area contributed by atoms with Crippen molar-refractivity contribution in [2.24, 2.45) is 0 Å². The van der Waals surface area contributed by atoms with Gasteiger partial charge in [-0.05, 0) is 25.7 Å². The van der Waals surface area contributed by atoms with Gasteiger partial charge in [-0.1, -0.05) is 0 Å². The van der Waals surface area contributed by atoms with Crippen LogP contribution in [0.3, 0.4) is 0 Å². The summed E-state index contributed by atoms with van der Waals surface area (Å²) in [6.07, 6.45) is -1.99. The number of H-pyrrole nitrogens is 1. The number of aliphatic hydroxyl groups is 1. The van der Waals surface area contributed by atoms with Gasteiger partial charge in [0.05, 0.1) is 0 Å². The van der Waals surface area contributed by atoms with Crippen LogP contribution in [0.25, 0.3) is 0 Å². The van der Waals surface area contributed by atoms with Crippen molar-refractivity contribution in [2.75, 3.05) is 13.1 Å². The molecule has 0 atom stereocenters. The van der Waals surface area contributed by atoms with Crippen LogP contribution in [0, 0.1) is 0 Å². The number of piperidine rings is 1. The van der Waals surface area contributed by atoms with E-state index in [0.29, 0.717) is 5.69 Å². The lowest BCUT2D eigenvalue weighted by Crippen LogP contribution is -2.54. The Morgan fingerprint density at radius 3 is 2.50 bits per heavy atom. The van der Waals surface area contributed by atoms with Crippen molar-refractivity contribution >= 4 is 5.91 Å². The standard InChI is InChI=1S/C14H18F3N3O2/c15-14(16,17)13(22)5-7-20(8-6-13)12(21)11-9-3-1-2-4-10(9)18-19-11/h22H,1-8H2,(H,18,19). The molecule has 0 bridgehead atoms. The average Bonchev–Trinajstić information content (AvgIpc) is 2.90. The van der Waals surface area contributed by atoms with E-state index < -0.39 is 24.6 Å². The molecule has 1 aliphatic heterocycles. The summed E-state index contributed by atoms with van der Waals surface area (Å²) >= 11 is 0. The predicted molar refractivity (Wildman–Crippen MR) is 71.4 cm³/mol. The zero-order valence-corrected chi connectivity index (χ0v) is 12.0. The summed E-state index contributed by atoms with van der Waals surface area (Å²) in [5.41, 5.74) is -0.507. The van der Waals surface area contributed by atoms with Crippen molar-refractivity contribution < 1.29 is 23.1 Å². The predicted octanol–water partition coefficient (Wildman–Crippen LogP) is 1.82. The molecule has 1 aromatic heterocycles. The highest BCUT2D eigenvalue weighted by molar-refractivity contribution is 5.94. The van der Waals surface area contributed by atoms with Crippen LogP contribution in [0.5, 0.6) is 0 Å². The molecule has 1 fully saturated rings. The number of alkyl halides is 3. The smallest absolute Gasteiger partial charge is 0.380 e. The molecule has 0 unspecified atom stereocenters. The fourth-order valence-electron chi connectivity index (χ4n) is 3.17. The second-order valence-corrected chi connectivity index (χ2v) is 6.06. The molecule has 22 heavy (non-hydrogen) atoms. The summed E-state index contributed by atoms with van der Waals surface area (Å²) in [4.78, 5) is 13.8. The van der Waals surface area contributed by atoms with Gasteiger partial charge < -0.3 is 10.0 Å². The first-order valence-corrected chi connectivity index (χ1v) is 7.46. The molecule has 5 nitrogen and oxygen atoms in total. The molecule has 1 saturated heterocycles. The zero-order valence-electron chi connectivity index (χ0n) is 12.0. The van der Waals surface area contributed by atoms with Crippen LogP contribution in [0.15, 0.2) is 0 Å². The van der Waals surface area contributed by atoms with E-state index in [1.807, 2.05) is 0 Å². The Labute approximate surface area is 125 Å². The van der Waals surface area contributed by atoms with Gasteiger partial charge in [-0.15, -0.1) is 0 Å². The van der Waals surface area contributed by atoms with Crippen molar-refractivity contribution in [3.8, 4) is 0 Å². The maximum absolute atomic E-state index is 12.8.